The monoisotopic (exact) mass is 448 g/mol. The molecule has 2 aliphatic heterocycles. The lowest BCUT2D eigenvalue weighted by Gasteiger charge is -2.45. The number of ether oxygens (including phenoxy) is 3. The zero-order valence-corrected chi connectivity index (χ0v) is 18.0. The second kappa shape index (κ2) is 8.16. The molecule has 0 aromatic heterocycles. The van der Waals surface area contributed by atoms with Crippen LogP contribution in [0.25, 0.3) is 0 Å². The van der Waals surface area contributed by atoms with E-state index in [0.29, 0.717) is 23.6 Å². The van der Waals surface area contributed by atoms with Crippen molar-refractivity contribution in [3.05, 3.63) is 64.2 Å². The van der Waals surface area contributed by atoms with Crippen molar-refractivity contribution in [2.75, 3.05) is 13.2 Å². The minimum absolute atomic E-state index is 0.283. The predicted molar refractivity (Wildman–Crippen MR) is 112 cm³/mol. The molecule has 2 bridgehead atoms. The van der Waals surface area contributed by atoms with Gasteiger partial charge in [-0.3, -0.25) is 4.79 Å². The number of fused-ring (bicyclic) bond motifs is 2. The van der Waals surface area contributed by atoms with Crippen LogP contribution in [0.2, 0.25) is 5.02 Å². The summed E-state index contributed by atoms with van der Waals surface area (Å²) in [6.07, 6.45) is -4.33. The highest BCUT2D eigenvalue weighted by molar-refractivity contribution is 6.31. The van der Waals surface area contributed by atoms with Gasteiger partial charge in [-0.2, -0.15) is 0 Å². The number of carbonyl (C=O) groups excluding carboxylic acids is 1. The number of rotatable bonds is 6. The fourth-order valence-corrected chi connectivity index (χ4v) is 4.40. The van der Waals surface area contributed by atoms with Crippen molar-refractivity contribution in [3.8, 4) is 5.75 Å². The Morgan fingerprint density at radius 3 is 2.52 bits per heavy atom. The van der Waals surface area contributed by atoms with Gasteiger partial charge in [-0.25, -0.2) is 0 Å². The number of halogens is 1. The Balaban J connectivity index is 1.68. The lowest BCUT2D eigenvalue weighted by molar-refractivity contribution is -0.318. The lowest BCUT2D eigenvalue weighted by Crippen LogP contribution is -2.66. The molecular formula is C23H25ClO7. The van der Waals surface area contributed by atoms with Gasteiger partial charge < -0.3 is 29.5 Å². The summed E-state index contributed by atoms with van der Waals surface area (Å²) in [4.78, 5) is 12.3. The van der Waals surface area contributed by atoms with Gasteiger partial charge in [0.1, 0.15) is 24.1 Å². The molecule has 0 aliphatic carbocycles. The molecule has 2 aromatic rings. The molecule has 4 rings (SSSR count). The van der Waals surface area contributed by atoms with Gasteiger partial charge in [0.05, 0.1) is 13.2 Å². The minimum Gasteiger partial charge on any atom is -0.494 e. The van der Waals surface area contributed by atoms with Crippen LogP contribution in [-0.2, 0) is 26.5 Å². The Hall–Kier alpha value is -2.00. The molecular weight excluding hydrogens is 424 g/mol. The van der Waals surface area contributed by atoms with E-state index in [9.17, 15) is 20.1 Å². The zero-order chi connectivity index (χ0) is 22.4. The molecule has 3 N–H and O–H groups in total. The zero-order valence-electron chi connectivity index (χ0n) is 17.2. The first-order valence-corrected chi connectivity index (χ1v) is 10.5. The van der Waals surface area contributed by atoms with Gasteiger partial charge in [0.2, 0.25) is 5.79 Å². The van der Waals surface area contributed by atoms with Gasteiger partial charge in [-0.15, -0.1) is 0 Å². The lowest BCUT2D eigenvalue weighted by atomic mass is 9.81. The van der Waals surface area contributed by atoms with Gasteiger partial charge in [0, 0.05) is 10.6 Å². The summed E-state index contributed by atoms with van der Waals surface area (Å²) in [6, 6.07) is 12.6. The maximum atomic E-state index is 12.3. The summed E-state index contributed by atoms with van der Waals surface area (Å²) < 4.78 is 17.2. The van der Waals surface area contributed by atoms with Crippen LogP contribution in [-0.4, -0.2) is 58.2 Å². The smallest absolute Gasteiger partial charge is 0.225 e. The molecule has 2 fully saturated rings. The van der Waals surface area contributed by atoms with E-state index in [4.69, 9.17) is 25.8 Å². The van der Waals surface area contributed by atoms with Crippen molar-refractivity contribution in [2.45, 2.75) is 50.0 Å². The summed E-state index contributed by atoms with van der Waals surface area (Å²) in [5, 5.41) is 32.1. The average molecular weight is 449 g/mol. The molecule has 0 spiro atoms. The Kier molecular flexibility index (Phi) is 5.85. The van der Waals surface area contributed by atoms with E-state index in [1.807, 2.05) is 31.2 Å². The van der Waals surface area contributed by atoms with E-state index in [1.54, 1.807) is 18.2 Å². The maximum absolute atomic E-state index is 12.3. The maximum Gasteiger partial charge on any atom is 0.225 e. The Morgan fingerprint density at radius 2 is 1.87 bits per heavy atom. The molecule has 0 radical (unpaired) electrons. The molecule has 0 amide bonds. The number of Topliss-reactive ketones (excluding diaryl/α,β-unsaturated/α-hetero) is 1. The van der Waals surface area contributed by atoms with Crippen molar-refractivity contribution in [1.82, 2.24) is 0 Å². The number of ketones is 1. The molecule has 31 heavy (non-hydrogen) atoms. The van der Waals surface area contributed by atoms with Crippen LogP contribution in [0.15, 0.2) is 42.5 Å². The number of hydrogen-bond acceptors (Lipinski definition) is 7. The van der Waals surface area contributed by atoms with Crippen molar-refractivity contribution in [2.24, 2.45) is 0 Å². The number of aliphatic hydroxyl groups excluding tert-OH is 3. The second-order valence-electron chi connectivity index (χ2n) is 7.94. The molecule has 2 aromatic carbocycles. The van der Waals surface area contributed by atoms with Crippen LogP contribution in [0, 0.1) is 0 Å². The molecule has 8 heteroatoms. The summed E-state index contributed by atoms with van der Waals surface area (Å²) in [7, 11) is 0. The summed E-state index contributed by atoms with van der Waals surface area (Å²) in [5.41, 5.74) is 0.400. The highest BCUT2D eigenvalue weighted by Crippen LogP contribution is 2.50. The van der Waals surface area contributed by atoms with Crippen molar-refractivity contribution in [1.29, 1.82) is 0 Å². The fourth-order valence-electron chi connectivity index (χ4n) is 4.22. The molecule has 2 saturated heterocycles. The molecule has 166 valence electrons. The molecule has 0 saturated carbocycles. The third-order valence-electron chi connectivity index (χ3n) is 6.02. The van der Waals surface area contributed by atoms with Crippen molar-refractivity contribution >= 4 is 17.4 Å². The Bertz CT molecular complexity index is 978. The average Bonchev–Trinajstić information content (AvgIpc) is 3.15. The molecule has 0 unspecified atom stereocenters. The van der Waals surface area contributed by atoms with Crippen LogP contribution in [0.1, 0.15) is 30.5 Å². The SMILES string of the molecule is CCOc1ccc(Cc2cc([C@]34OC[C@](C(C)=O)(O3)[C@@H](O)[C@H](O)[C@H]4O)ccc2Cl)cc1. The molecule has 2 aliphatic rings. The van der Waals surface area contributed by atoms with E-state index in [-0.39, 0.29) is 6.61 Å². The normalized spacial score (nSPS) is 32.1. The van der Waals surface area contributed by atoms with E-state index >= 15 is 0 Å². The van der Waals surface area contributed by atoms with E-state index in [0.717, 1.165) is 16.9 Å². The first kappa shape index (κ1) is 22.2. The van der Waals surface area contributed by atoms with Crippen LogP contribution in [0.3, 0.4) is 0 Å². The van der Waals surface area contributed by atoms with Gasteiger partial charge in [0.15, 0.2) is 11.4 Å². The molecule has 5 atom stereocenters. The number of benzene rings is 2. The standard InChI is InChI=1S/C23H25ClO7/c1-3-29-17-7-4-14(5-8-17)10-15-11-16(6-9-18(15)24)23-21(28)19(26)20(27)22(31-23,12-30-23)13(2)25/h4-9,11,19-21,26-28H,3,10,12H2,1-2H3/t19-,20-,21+,22+,23-/m0/s1. The third-order valence-corrected chi connectivity index (χ3v) is 6.39. The minimum atomic E-state index is -1.79. The second-order valence-corrected chi connectivity index (χ2v) is 8.35. The van der Waals surface area contributed by atoms with Crippen LogP contribution >= 0.6 is 11.6 Å². The van der Waals surface area contributed by atoms with E-state index in [2.05, 4.69) is 0 Å². The van der Waals surface area contributed by atoms with Crippen LogP contribution in [0.4, 0.5) is 0 Å². The third kappa shape index (κ3) is 3.55. The summed E-state index contributed by atoms with van der Waals surface area (Å²) in [6.45, 7) is 3.48. The van der Waals surface area contributed by atoms with E-state index < -0.39 is 35.5 Å². The van der Waals surface area contributed by atoms with Crippen LogP contribution < -0.4 is 4.74 Å². The highest BCUT2D eigenvalue weighted by Gasteiger charge is 2.69. The summed E-state index contributed by atoms with van der Waals surface area (Å²) in [5.74, 6) is -1.50. The molecule has 2 heterocycles. The Labute approximate surface area is 185 Å². The van der Waals surface area contributed by atoms with Gasteiger partial charge in [-0.1, -0.05) is 29.8 Å². The van der Waals surface area contributed by atoms with Crippen molar-refractivity contribution < 1.29 is 34.3 Å². The number of carbonyl (C=O) groups is 1. The highest BCUT2D eigenvalue weighted by atomic mass is 35.5. The fraction of sp³-hybridized carbons (Fsp3) is 0.435. The first-order valence-electron chi connectivity index (χ1n) is 10.1. The first-order chi connectivity index (χ1) is 14.7. The van der Waals surface area contributed by atoms with Crippen molar-refractivity contribution in [3.63, 3.8) is 0 Å². The van der Waals surface area contributed by atoms with Gasteiger partial charge in [-0.05, 0) is 55.7 Å². The largest absolute Gasteiger partial charge is 0.494 e. The van der Waals surface area contributed by atoms with Crippen LogP contribution in [0.5, 0.6) is 5.75 Å². The molecule has 7 nitrogen and oxygen atoms in total. The summed E-state index contributed by atoms with van der Waals surface area (Å²) >= 11 is 6.42. The topological polar surface area (TPSA) is 105 Å². The van der Waals surface area contributed by atoms with Gasteiger partial charge in [0.25, 0.3) is 0 Å². The van der Waals surface area contributed by atoms with E-state index in [1.165, 1.54) is 6.92 Å². The quantitative estimate of drug-likeness (QED) is 0.620. The predicted octanol–water partition coefficient (Wildman–Crippen LogP) is 1.95. The number of hydrogen-bond donors (Lipinski definition) is 3. The number of aliphatic hydroxyl groups is 3. The van der Waals surface area contributed by atoms with Gasteiger partial charge >= 0.3 is 0 Å². The Morgan fingerprint density at radius 1 is 1.16 bits per heavy atom.